The minimum Gasteiger partial charge on any atom is -0.394 e. The monoisotopic (exact) mass is 747 g/mol. The number of nitrogens with zero attached hydrogens (tertiary/aromatic N) is 1. The molecule has 1 heterocycles. The maximum absolute atomic E-state index is 13.1. The molecule has 3 amide bonds. The molecule has 0 bridgehead atoms. The lowest BCUT2D eigenvalue weighted by atomic mass is 9.98. The van der Waals surface area contributed by atoms with Crippen LogP contribution in [0.3, 0.4) is 0 Å². The van der Waals surface area contributed by atoms with Crippen LogP contribution in [0.5, 0.6) is 0 Å². The van der Waals surface area contributed by atoms with Crippen LogP contribution in [0.1, 0.15) is 90.9 Å². The third-order valence-electron chi connectivity index (χ3n) is 9.02. The lowest BCUT2D eigenvalue weighted by Gasteiger charge is -2.42. The van der Waals surface area contributed by atoms with Crippen LogP contribution in [0.4, 0.5) is 0 Å². The molecule has 52 heavy (non-hydrogen) atoms. The summed E-state index contributed by atoms with van der Waals surface area (Å²) in [6, 6.07) is 0. The van der Waals surface area contributed by atoms with E-state index in [4.69, 9.17) is 9.47 Å². The Balaban J connectivity index is 2.72. The number of allylic oxidation sites excluding steroid dienone is 2. The fourth-order valence-electron chi connectivity index (χ4n) is 5.73. The van der Waals surface area contributed by atoms with Crippen molar-refractivity contribution in [2.45, 2.75) is 146 Å². The average molecular weight is 748 g/mol. The Labute approximate surface area is 307 Å². The number of rotatable bonds is 28. The molecule has 16 heteroatoms. The van der Waals surface area contributed by atoms with Gasteiger partial charge in [0, 0.05) is 38.7 Å². The van der Waals surface area contributed by atoms with Crippen LogP contribution in [-0.4, -0.2) is 158 Å². The fraction of sp³-hybridized carbons (Fsp3) is 0.806. The summed E-state index contributed by atoms with van der Waals surface area (Å²) in [5.74, 6) is -1.63. The normalized spacial score (nSPS) is 23.0. The van der Waals surface area contributed by atoms with Crippen molar-refractivity contribution in [1.82, 2.24) is 15.5 Å². The molecule has 1 aliphatic heterocycles. The van der Waals surface area contributed by atoms with Gasteiger partial charge < -0.3 is 65.9 Å². The summed E-state index contributed by atoms with van der Waals surface area (Å²) in [7, 11) is 0. The van der Waals surface area contributed by atoms with Crippen molar-refractivity contribution in [3.05, 3.63) is 24.3 Å². The predicted molar refractivity (Wildman–Crippen MR) is 191 cm³/mol. The number of aliphatic hydroxyl groups excluding tert-OH is 8. The van der Waals surface area contributed by atoms with Gasteiger partial charge in [0.2, 0.25) is 11.8 Å². The standard InChI is InChI=1S/C36H65N3O13/c1-4-6-8-10-11-13-15-17-25(16-14-12-9-7-5-2)34(49)37-18-20-39(24(3)42)21-19-38-35(50)31(47)30(46)33(26(43)22-40)52-36-32(48)29(45)28(44)27(23-41)51-36/h4,17,26-33,36,40-41,43-48H,1,5-16,18-23H2,2-3H3,(H,37,49)(H,38,50)/b25-17-/t26?,27?,28-,29-,30?,31?,32?,33?,36-/m0/s1. The SMILES string of the molecule is C=CCCCCCC/C=C(/CCCCCCC)C(=O)NCCN(CCNC(=O)C(O)C(O)C(O[C@@H]1OC(CO)[C@H](O)[C@H](O)C1O)C(O)CO)C(C)=O. The molecule has 0 aromatic rings. The van der Waals surface area contributed by atoms with Crippen LogP contribution in [0.25, 0.3) is 0 Å². The van der Waals surface area contributed by atoms with E-state index < -0.39 is 74.2 Å². The minimum absolute atomic E-state index is 0.00417. The molecular weight excluding hydrogens is 682 g/mol. The first-order valence-electron chi connectivity index (χ1n) is 18.6. The summed E-state index contributed by atoms with van der Waals surface area (Å²) < 4.78 is 10.5. The van der Waals surface area contributed by atoms with Crippen molar-refractivity contribution in [1.29, 1.82) is 0 Å². The van der Waals surface area contributed by atoms with E-state index >= 15 is 0 Å². The number of hydrogen-bond donors (Lipinski definition) is 10. The van der Waals surface area contributed by atoms with Gasteiger partial charge in [-0.15, -0.1) is 6.58 Å². The van der Waals surface area contributed by atoms with Gasteiger partial charge in [-0.25, -0.2) is 0 Å². The second kappa shape index (κ2) is 27.1. The minimum atomic E-state index is -2.24. The van der Waals surface area contributed by atoms with Gasteiger partial charge in [-0.3, -0.25) is 14.4 Å². The van der Waals surface area contributed by atoms with Crippen LogP contribution < -0.4 is 10.6 Å². The van der Waals surface area contributed by atoms with E-state index in [1.807, 2.05) is 12.2 Å². The molecule has 1 aliphatic rings. The summed E-state index contributed by atoms with van der Waals surface area (Å²) in [4.78, 5) is 39.5. The number of carbonyl (C=O) groups excluding carboxylic acids is 3. The summed E-state index contributed by atoms with van der Waals surface area (Å²) >= 11 is 0. The van der Waals surface area contributed by atoms with Crippen LogP contribution in [0.15, 0.2) is 24.3 Å². The second-order valence-electron chi connectivity index (χ2n) is 13.2. The molecule has 0 spiro atoms. The van der Waals surface area contributed by atoms with Gasteiger partial charge in [0.1, 0.15) is 42.7 Å². The highest BCUT2D eigenvalue weighted by Crippen LogP contribution is 2.25. The molecule has 0 aromatic heterocycles. The Bertz CT molecular complexity index is 1060. The Kier molecular flexibility index (Phi) is 24.8. The lowest BCUT2D eigenvalue weighted by molar-refractivity contribution is -0.326. The number of amides is 3. The van der Waals surface area contributed by atoms with Gasteiger partial charge in [0.25, 0.3) is 5.91 Å². The molecule has 0 saturated carbocycles. The van der Waals surface area contributed by atoms with E-state index in [2.05, 4.69) is 24.1 Å². The summed E-state index contributed by atoms with van der Waals surface area (Å²) in [6.45, 7) is 5.57. The number of hydrogen-bond acceptors (Lipinski definition) is 13. The zero-order chi connectivity index (χ0) is 39.1. The number of carbonyl (C=O) groups is 3. The van der Waals surface area contributed by atoms with Crippen molar-refractivity contribution in [2.75, 3.05) is 39.4 Å². The van der Waals surface area contributed by atoms with Crippen LogP contribution in [0, 0.1) is 0 Å². The third kappa shape index (κ3) is 17.1. The molecule has 10 N–H and O–H groups in total. The maximum Gasteiger partial charge on any atom is 0.251 e. The molecular formula is C36H65N3O13. The molecule has 1 saturated heterocycles. The lowest BCUT2D eigenvalue weighted by Crippen LogP contribution is -2.62. The molecule has 6 unspecified atom stereocenters. The Morgan fingerprint density at radius 2 is 1.48 bits per heavy atom. The van der Waals surface area contributed by atoms with E-state index in [0.29, 0.717) is 6.42 Å². The molecule has 16 nitrogen and oxygen atoms in total. The van der Waals surface area contributed by atoms with Crippen molar-refractivity contribution < 1.29 is 64.7 Å². The quantitative estimate of drug-likeness (QED) is 0.0266. The third-order valence-corrected chi connectivity index (χ3v) is 9.02. The fourth-order valence-corrected chi connectivity index (χ4v) is 5.73. The van der Waals surface area contributed by atoms with Gasteiger partial charge in [0.05, 0.1) is 13.2 Å². The number of aliphatic hydroxyl groups is 8. The van der Waals surface area contributed by atoms with Crippen LogP contribution >= 0.6 is 0 Å². The number of unbranched alkanes of at least 4 members (excludes halogenated alkanes) is 9. The summed E-state index contributed by atoms with van der Waals surface area (Å²) in [5, 5.41) is 85.9. The zero-order valence-electron chi connectivity index (χ0n) is 30.9. The largest absolute Gasteiger partial charge is 0.394 e. The van der Waals surface area contributed by atoms with Gasteiger partial charge in [-0.1, -0.05) is 57.6 Å². The predicted octanol–water partition coefficient (Wildman–Crippen LogP) is -0.859. The van der Waals surface area contributed by atoms with Crippen LogP contribution in [-0.2, 0) is 23.9 Å². The van der Waals surface area contributed by atoms with E-state index in [9.17, 15) is 55.2 Å². The highest BCUT2D eigenvalue weighted by Gasteiger charge is 2.47. The average Bonchev–Trinajstić information content (AvgIpc) is 3.13. The van der Waals surface area contributed by atoms with Crippen molar-refractivity contribution >= 4 is 17.7 Å². The molecule has 302 valence electrons. The smallest absolute Gasteiger partial charge is 0.251 e. The topological polar surface area (TPSA) is 259 Å². The van der Waals surface area contributed by atoms with Crippen molar-refractivity contribution in [3.8, 4) is 0 Å². The van der Waals surface area contributed by atoms with E-state index in [0.717, 1.165) is 76.2 Å². The van der Waals surface area contributed by atoms with Gasteiger partial charge in [-0.05, 0) is 38.5 Å². The summed E-state index contributed by atoms with van der Waals surface area (Å²) in [6.07, 6.45) is -0.915. The molecule has 1 rings (SSSR count). The van der Waals surface area contributed by atoms with Crippen molar-refractivity contribution in [2.24, 2.45) is 0 Å². The van der Waals surface area contributed by atoms with Crippen LogP contribution in [0.2, 0.25) is 0 Å². The Hall–Kier alpha value is -2.51. The zero-order valence-corrected chi connectivity index (χ0v) is 30.9. The van der Waals surface area contributed by atoms with E-state index in [1.165, 1.54) is 11.8 Å². The first-order valence-corrected chi connectivity index (χ1v) is 18.6. The Morgan fingerprint density at radius 1 is 0.865 bits per heavy atom. The maximum atomic E-state index is 13.1. The molecule has 0 aromatic carbocycles. The molecule has 1 fully saturated rings. The molecule has 9 atom stereocenters. The van der Waals surface area contributed by atoms with Crippen molar-refractivity contribution in [3.63, 3.8) is 0 Å². The molecule has 0 aliphatic carbocycles. The number of nitrogens with one attached hydrogen (secondary N) is 2. The second-order valence-corrected chi connectivity index (χ2v) is 13.2. The Morgan fingerprint density at radius 3 is 2.08 bits per heavy atom. The first kappa shape index (κ1) is 47.5. The van der Waals surface area contributed by atoms with Gasteiger partial charge in [-0.2, -0.15) is 0 Å². The number of ether oxygens (including phenoxy) is 2. The summed E-state index contributed by atoms with van der Waals surface area (Å²) in [5.41, 5.74) is 0.733. The van der Waals surface area contributed by atoms with E-state index in [-0.39, 0.29) is 38.0 Å². The highest BCUT2D eigenvalue weighted by atomic mass is 16.7. The van der Waals surface area contributed by atoms with Gasteiger partial charge >= 0.3 is 0 Å². The highest BCUT2D eigenvalue weighted by molar-refractivity contribution is 5.93. The van der Waals surface area contributed by atoms with Gasteiger partial charge in [0.15, 0.2) is 12.4 Å². The molecule has 0 radical (unpaired) electrons. The first-order chi connectivity index (χ1) is 24.8. The van der Waals surface area contributed by atoms with E-state index in [1.54, 1.807) is 0 Å².